The average molecular weight is 365 g/mol. The third-order valence-corrected chi connectivity index (χ3v) is 6.47. The summed E-state index contributed by atoms with van der Waals surface area (Å²) in [6.07, 6.45) is 3.75. The molecule has 0 bridgehead atoms. The smallest absolute Gasteiger partial charge is 0.308 e. The van der Waals surface area contributed by atoms with Gasteiger partial charge in [-0.25, -0.2) is 8.42 Å². The molecule has 1 amide bonds. The lowest BCUT2D eigenvalue weighted by atomic mass is 9.92. The molecule has 1 heterocycles. The van der Waals surface area contributed by atoms with Crippen LogP contribution in [0.5, 0.6) is 0 Å². The lowest BCUT2D eigenvalue weighted by Gasteiger charge is -2.17. The summed E-state index contributed by atoms with van der Waals surface area (Å²) in [4.78, 5) is 26.1. The summed E-state index contributed by atoms with van der Waals surface area (Å²) in [5.74, 6) is -1.27. The molecule has 1 saturated carbocycles. The van der Waals surface area contributed by atoms with Crippen LogP contribution >= 0.6 is 0 Å². The highest BCUT2D eigenvalue weighted by Crippen LogP contribution is 2.44. The van der Waals surface area contributed by atoms with Crippen LogP contribution in [-0.4, -0.2) is 49.6 Å². The van der Waals surface area contributed by atoms with Gasteiger partial charge in [-0.1, -0.05) is 13.0 Å². The summed E-state index contributed by atoms with van der Waals surface area (Å²) in [5, 5.41) is 9.43. The molecule has 1 aliphatic heterocycles. The molecule has 1 saturated heterocycles. The van der Waals surface area contributed by atoms with Crippen LogP contribution < -0.4 is 0 Å². The van der Waals surface area contributed by atoms with Crippen molar-refractivity contribution < 1.29 is 23.1 Å². The van der Waals surface area contributed by atoms with Gasteiger partial charge in [0, 0.05) is 24.9 Å². The van der Waals surface area contributed by atoms with Gasteiger partial charge in [0.2, 0.25) is 0 Å². The lowest BCUT2D eigenvalue weighted by molar-refractivity contribution is -0.142. The molecule has 6 nitrogen and oxygen atoms in total. The van der Waals surface area contributed by atoms with Crippen molar-refractivity contribution in [2.24, 2.45) is 17.8 Å². The minimum absolute atomic E-state index is 0.00532. The lowest BCUT2D eigenvalue weighted by Crippen LogP contribution is -2.30. The molecule has 1 aliphatic carbocycles. The summed E-state index contributed by atoms with van der Waals surface area (Å²) in [6, 6.07) is 4.74. The maximum absolute atomic E-state index is 12.8. The second-order valence-corrected chi connectivity index (χ2v) is 9.09. The van der Waals surface area contributed by atoms with E-state index in [2.05, 4.69) is 0 Å². The number of aryl methyl sites for hydroxylation is 1. The van der Waals surface area contributed by atoms with Crippen molar-refractivity contribution in [1.82, 2.24) is 4.90 Å². The number of likely N-dealkylation sites (tertiary alicyclic amines) is 1. The van der Waals surface area contributed by atoms with Crippen LogP contribution in [0.2, 0.25) is 0 Å². The van der Waals surface area contributed by atoms with Crippen molar-refractivity contribution in [2.75, 3.05) is 19.3 Å². The molecule has 7 heteroatoms. The summed E-state index contributed by atoms with van der Waals surface area (Å²) in [5.41, 5.74) is 0.984. The van der Waals surface area contributed by atoms with Gasteiger partial charge in [-0.15, -0.1) is 0 Å². The SMILES string of the molecule is CCc1ccc(C(=O)N2C[C@H](C(=O)O)[C@@H](C3CC3)C2)cc1S(C)(=O)=O. The monoisotopic (exact) mass is 365 g/mol. The summed E-state index contributed by atoms with van der Waals surface area (Å²) < 4.78 is 24.0. The van der Waals surface area contributed by atoms with Crippen LogP contribution in [0.15, 0.2) is 23.1 Å². The molecule has 1 N–H and O–H groups in total. The Morgan fingerprint density at radius 3 is 2.44 bits per heavy atom. The Morgan fingerprint density at radius 1 is 1.24 bits per heavy atom. The molecule has 0 unspecified atom stereocenters. The van der Waals surface area contributed by atoms with Crippen LogP contribution in [0.3, 0.4) is 0 Å². The van der Waals surface area contributed by atoms with Gasteiger partial charge in [0.25, 0.3) is 5.91 Å². The van der Waals surface area contributed by atoms with Crippen molar-refractivity contribution >= 4 is 21.7 Å². The van der Waals surface area contributed by atoms with E-state index >= 15 is 0 Å². The van der Waals surface area contributed by atoms with E-state index < -0.39 is 21.7 Å². The Hall–Kier alpha value is -1.89. The normalized spacial score (nSPS) is 23.7. The number of hydrogen-bond donors (Lipinski definition) is 1. The Kier molecular flexibility index (Phi) is 4.62. The molecular weight excluding hydrogens is 342 g/mol. The maximum Gasteiger partial charge on any atom is 0.308 e. The third kappa shape index (κ3) is 3.56. The second kappa shape index (κ2) is 6.44. The first-order valence-corrected chi connectivity index (χ1v) is 10.5. The number of carboxylic acids is 1. The number of hydrogen-bond acceptors (Lipinski definition) is 4. The summed E-state index contributed by atoms with van der Waals surface area (Å²) >= 11 is 0. The number of carboxylic acid groups (broad SMARTS) is 1. The zero-order valence-corrected chi connectivity index (χ0v) is 15.3. The van der Waals surface area contributed by atoms with E-state index in [4.69, 9.17) is 0 Å². The van der Waals surface area contributed by atoms with Crippen molar-refractivity contribution in [3.63, 3.8) is 0 Å². The molecule has 136 valence electrons. The molecule has 1 aromatic rings. The molecule has 3 rings (SSSR count). The molecule has 0 radical (unpaired) electrons. The number of nitrogens with zero attached hydrogens (tertiary/aromatic N) is 1. The first-order chi connectivity index (χ1) is 11.7. The average Bonchev–Trinajstić information content (AvgIpc) is 3.30. The summed E-state index contributed by atoms with van der Waals surface area (Å²) in [7, 11) is -3.43. The fourth-order valence-electron chi connectivity index (χ4n) is 3.77. The van der Waals surface area contributed by atoms with Gasteiger partial charge in [-0.3, -0.25) is 9.59 Å². The highest BCUT2D eigenvalue weighted by molar-refractivity contribution is 7.90. The van der Waals surface area contributed by atoms with E-state index in [-0.39, 0.29) is 23.3 Å². The van der Waals surface area contributed by atoms with Gasteiger partial charge in [-0.05, 0) is 48.8 Å². The van der Waals surface area contributed by atoms with E-state index in [0.717, 1.165) is 19.1 Å². The highest BCUT2D eigenvalue weighted by atomic mass is 32.2. The first-order valence-electron chi connectivity index (χ1n) is 8.57. The molecule has 2 atom stereocenters. The maximum atomic E-state index is 12.8. The molecule has 2 aliphatic rings. The number of benzene rings is 1. The minimum Gasteiger partial charge on any atom is -0.481 e. The van der Waals surface area contributed by atoms with Gasteiger partial charge in [0.05, 0.1) is 10.8 Å². The Morgan fingerprint density at radius 2 is 1.92 bits per heavy atom. The van der Waals surface area contributed by atoms with Gasteiger partial charge in [0.1, 0.15) is 0 Å². The molecule has 0 spiro atoms. The first kappa shape index (κ1) is 17.9. The van der Waals surface area contributed by atoms with Gasteiger partial charge >= 0.3 is 5.97 Å². The number of sulfone groups is 1. The quantitative estimate of drug-likeness (QED) is 0.859. The third-order valence-electron chi connectivity index (χ3n) is 5.29. The van der Waals surface area contributed by atoms with Crippen LogP contribution in [0.25, 0.3) is 0 Å². The highest BCUT2D eigenvalue weighted by Gasteiger charge is 2.47. The second-order valence-electron chi connectivity index (χ2n) is 7.10. The number of rotatable bonds is 5. The predicted octanol–water partition coefficient (Wildman–Crippen LogP) is 1.84. The standard InChI is InChI=1S/C18H23NO5S/c1-3-11-4-7-13(8-16(11)25(2,23)24)17(20)19-9-14(12-5-6-12)15(10-19)18(21)22/h4,7-8,12,14-15H,3,5-6,9-10H2,1-2H3,(H,21,22)/t14-,15+/m1/s1. The van der Waals surface area contributed by atoms with Crippen molar-refractivity contribution in [3.05, 3.63) is 29.3 Å². The number of amides is 1. The summed E-state index contributed by atoms with van der Waals surface area (Å²) in [6.45, 7) is 2.49. The van der Waals surface area contributed by atoms with Crippen LogP contribution in [-0.2, 0) is 21.1 Å². The molecular formula is C18H23NO5S. The van der Waals surface area contributed by atoms with Crippen LogP contribution in [0.1, 0.15) is 35.7 Å². The van der Waals surface area contributed by atoms with E-state index in [9.17, 15) is 23.1 Å². The van der Waals surface area contributed by atoms with E-state index in [0.29, 0.717) is 30.0 Å². The zero-order chi connectivity index (χ0) is 18.4. The van der Waals surface area contributed by atoms with Crippen LogP contribution in [0.4, 0.5) is 0 Å². The van der Waals surface area contributed by atoms with E-state index in [1.165, 1.54) is 6.07 Å². The van der Waals surface area contributed by atoms with Crippen molar-refractivity contribution in [3.8, 4) is 0 Å². The van der Waals surface area contributed by atoms with Crippen molar-refractivity contribution in [2.45, 2.75) is 31.1 Å². The number of carbonyl (C=O) groups is 2. The fraction of sp³-hybridized carbons (Fsp3) is 0.556. The van der Waals surface area contributed by atoms with Crippen LogP contribution in [0, 0.1) is 17.8 Å². The Bertz CT molecular complexity index is 813. The van der Waals surface area contributed by atoms with Gasteiger partial charge < -0.3 is 10.0 Å². The molecule has 0 aromatic heterocycles. The fourth-order valence-corrected chi connectivity index (χ4v) is 4.80. The van der Waals surface area contributed by atoms with Gasteiger partial charge in [0.15, 0.2) is 9.84 Å². The molecule has 1 aromatic carbocycles. The number of aliphatic carboxylic acids is 1. The topological polar surface area (TPSA) is 91.8 Å². The largest absolute Gasteiger partial charge is 0.481 e. The van der Waals surface area contributed by atoms with E-state index in [1.54, 1.807) is 17.0 Å². The minimum atomic E-state index is -3.43. The Balaban J connectivity index is 1.87. The zero-order valence-electron chi connectivity index (χ0n) is 14.4. The predicted molar refractivity (Wildman–Crippen MR) is 92.2 cm³/mol. The molecule has 2 fully saturated rings. The van der Waals surface area contributed by atoms with Crippen molar-refractivity contribution in [1.29, 1.82) is 0 Å². The number of carbonyl (C=O) groups excluding carboxylic acids is 1. The van der Waals surface area contributed by atoms with E-state index in [1.807, 2.05) is 6.92 Å². The van der Waals surface area contributed by atoms with Gasteiger partial charge in [-0.2, -0.15) is 0 Å². The Labute approximate surface area is 147 Å². The molecule has 25 heavy (non-hydrogen) atoms.